The van der Waals surface area contributed by atoms with Gasteiger partial charge < -0.3 is 0 Å². The van der Waals surface area contributed by atoms with Gasteiger partial charge in [0.1, 0.15) is 0 Å². The summed E-state index contributed by atoms with van der Waals surface area (Å²) in [6.07, 6.45) is 0.944. The van der Waals surface area contributed by atoms with Crippen molar-refractivity contribution < 1.29 is 0 Å². The number of rotatable bonds is 3. The van der Waals surface area contributed by atoms with Crippen LogP contribution < -0.4 is 0 Å². The van der Waals surface area contributed by atoms with Crippen LogP contribution in [0.15, 0.2) is 0 Å². The van der Waals surface area contributed by atoms with Gasteiger partial charge >= 0.3 is 0 Å². The van der Waals surface area contributed by atoms with Crippen molar-refractivity contribution in [2.24, 2.45) is 5.92 Å². The van der Waals surface area contributed by atoms with E-state index in [1.54, 1.807) is 0 Å². The summed E-state index contributed by atoms with van der Waals surface area (Å²) in [6, 6.07) is 0. The quantitative estimate of drug-likeness (QED) is 0.568. The van der Waals surface area contributed by atoms with Crippen molar-refractivity contribution in [3.8, 4) is 0 Å². The highest BCUT2D eigenvalue weighted by atomic mass is 35.5. The highest BCUT2D eigenvalue weighted by Crippen LogP contribution is 2.17. The van der Waals surface area contributed by atoms with Crippen molar-refractivity contribution in [2.45, 2.75) is 31.0 Å². The lowest BCUT2D eigenvalue weighted by atomic mass is 10.0. The third-order valence-electron chi connectivity index (χ3n) is 1.31. The molecule has 0 rings (SSSR count). The molecular weight excluding hydrogens is 155 g/mol. The van der Waals surface area contributed by atoms with Gasteiger partial charge in [0.05, 0.1) is 0 Å². The van der Waals surface area contributed by atoms with E-state index in [2.05, 4.69) is 13.8 Å². The molecule has 0 aliphatic carbocycles. The van der Waals surface area contributed by atoms with Gasteiger partial charge in [0, 0.05) is 10.8 Å². The molecule has 0 fully saturated rings. The van der Waals surface area contributed by atoms with Crippen molar-refractivity contribution in [3.63, 3.8) is 0 Å². The lowest BCUT2D eigenvalue weighted by Gasteiger charge is -2.13. The molecule has 0 aromatic carbocycles. The predicted molar refractivity (Wildman–Crippen MR) is 44.1 cm³/mol. The summed E-state index contributed by atoms with van der Waals surface area (Å²) in [5.74, 6) is 0.416. The summed E-state index contributed by atoms with van der Waals surface area (Å²) in [7, 11) is 0. The Labute approximate surface area is 67.5 Å². The first-order valence-electron chi connectivity index (χ1n) is 3.15. The Hall–Kier alpha value is 0.580. The highest BCUT2D eigenvalue weighted by molar-refractivity contribution is 6.21. The topological polar surface area (TPSA) is 0 Å². The first kappa shape index (κ1) is 9.58. The van der Waals surface area contributed by atoms with Gasteiger partial charge in [-0.2, -0.15) is 0 Å². The molecule has 0 heterocycles. The van der Waals surface area contributed by atoms with Crippen LogP contribution >= 0.6 is 23.2 Å². The van der Waals surface area contributed by atoms with Gasteiger partial charge in [0.25, 0.3) is 0 Å². The van der Waals surface area contributed by atoms with Crippen LogP contribution in [0.1, 0.15) is 20.3 Å². The third-order valence-corrected chi connectivity index (χ3v) is 1.92. The first-order chi connectivity index (χ1) is 4.04. The van der Waals surface area contributed by atoms with Crippen LogP contribution in [0.25, 0.3) is 0 Å². The van der Waals surface area contributed by atoms with Crippen molar-refractivity contribution in [1.29, 1.82) is 0 Å². The van der Waals surface area contributed by atoms with Gasteiger partial charge in [0.15, 0.2) is 0 Å². The fourth-order valence-corrected chi connectivity index (χ4v) is 1.04. The molecule has 2 heteroatoms. The average molecular weight is 168 g/mol. The van der Waals surface area contributed by atoms with E-state index in [9.17, 15) is 0 Å². The van der Waals surface area contributed by atoms with Gasteiger partial charge in [-0.3, -0.25) is 0 Å². The zero-order valence-electron chi connectivity index (χ0n) is 5.90. The maximum absolute atomic E-state index is 5.73. The van der Waals surface area contributed by atoms with Gasteiger partial charge in [-0.05, 0) is 26.2 Å². The molecule has 0 aliphatic heterocycles. The Balaban J connectivity index is 3.38. The minimum atomic E-state index is -0.00815. The van der Waals surface area contributed by atoms with Crippen molar-refractivity contribution in [2.75, 3.05) is 0 Å². The second kappa shape index (κ2) is 4.40. The molecule has 1 radical (unpaired) electrons. The van der Waals surface area contributed by atoms with Crippen molar-refractivity contribution >= 4 is 23.2 Å². The Morgan fingerprint density at radius 3 is 1.89 bits per heavy atom. The summed E-state index contributed by atoms with van der Waals surface area (Å²) >= 11 is 11.4. The molecule has 0 amide bonds. The Kier molecular flexibility index (Phi) is 4.69. The molecule has 0 saturated carbocycles. The normalized spacial score (nSPS) is 21.0. The second-order valence-electron chi connectivity index (χ2n) is 2.51. The minimum Gasteiger partial charge on any atom is -0.123 e. The van der Waals surface area contributed by atoms with E-state index in [4.69, 9.17) is 23.2 Å². The standard InChI is InChI=1S/C7H13Cl2/c1-5(7(3)9)4-6(2)8/h5-7H,3-4H2,1-2H3. The SMILES string of the molecule is [CH2]C(Cl)C(C)CC(C)Cl. The molecule has 3 unspecified atom stereocenters. The van der Waals surface area contributed by atoms with Gasteiger partial charge in [-0.25, -0.2) is 0 Å². The highest BCUT2D eigenvalue weighted by Gasteiger charge is 2.10. The fourth-order valence-electron chi connectivity index (χ4n) is 0.660. The maximum Gasteiger partial charge on any atom is 0.0362 e. The average Bonchev–Trinajstić information content (AvgIpc) is 1.63. The smallest absolute Gasteiger partial charge is 0.0362 e. The predicted octanol–water partition coefficient (Wildman–Crippen LogP) is 3.08. The minimum absolute atomic E-state index is 0.00815. The Morgan fingerprint density at radius 2 is 1.78 bits per heavy atom. The van der Waals surface area contributed by atoms with Gasteiger partial charge in [-0.15, -0.1) is 23.2 Å². The molecule has 0 aromatic heterocycles. The fraction of sp³-hybridized carbons (Fsp3) is 0.857. The van der Waals surface area contributed by atoms with E-state index in [1.165, 1.54) is 0 Å². The Bertz CT molecular complexity index is 69.3. The molecular formula is C7H13Cl2. The van der Waals surface area contributed by atoms with E-state index in [0.29, 0.717) is 5.92 Å². The van der Waals surface area contributed by atoms with E-state index >= 15 is 0 Å². The van der Waals surface area contributed by atoms with Crippen LogP contribution in [0.5, 0.6) is 0 Å². The summed E-state index contributed by atoms with van der Waals surface area (Å²) in [6.45, 7) is 7.73. The van der Waals surface area contributed by atoms with Gasteiger partial charge in [0.2, 0.25) is 0 Å². The van der Waals surface area contributed by atoms with E-state index in [1.807, 2.05) is 6.92 Å². The molecule has 0 nitrogen and oxygen atoms in total. The number of hydrogen-bond donors (Lipinski definition) is 0. The monoisotopic (exact) mass is 167 g/mol. The lowest BCUT2D eigenvalue weighted by Crippen LogP contribution is -2.11. The largest absolute Gasteiger partial charge is 0.123 e. The van der Waals surface area contributed by atoms with E-state index < -0.39 is 0 Å². The Morgan fingerprint density at radius 1 is 1.33 bits per heavy atom. The first-order valence-corrected chi connectivity index (χ1v) is 4.02. The maximum atomic E-state index is 5.73. The number of halogens is 2. The van der Waals surface area contributed by atoms with Crippen LogP contribution in [-0.4, -0.2) is 10.8 Å². The molecule has 9 heavy (non-hydrogen) atoms. The summed E-state index contributed by atoms with van der Waals surface area (Å²) in [5, 5.41) is 0.203. The van der Waals surface area contributed by atoms with Gasteiger partial charge in [-0.1, -0.05) is 6.92 Å². The summed E-state index contributed by atoms with van der Waals surface area (Å²) in [4.78, 5) is 0. The summed E-state index contributed by atoms with van der Waals surface area (Å²) < 4.78 is 0. The van der Waals surface area contributed by atoms with Crippen LogP contribution in [0.4, 0.5) is 0 Å². The molecule has 0 N–H and O–H groups in total. The summed E-state index contributed by atoms with van der Waals surface area (Å²) in [5.41, 5.74) is 0. The molecule has 0 bridgehead atoms. The molecule has 0 saturated heterocycles. The van der Waals surface area contributed by atoms with Crippen LogP contribution in [0.3, 0.4) is 0 Å². The molecule has 55 valence electrons. The molecule has 0 spiro atoms. The number of hydrogen-bond acceptors (Lipinski definition) is 0. The van der Waals surface area contributed by atoms with Crippen molar-refractivity contribution in [1.82, 2.24) is 0 Å². The van der Waals surface area contributed by atoms with Crippen LogP contribution in [0.2, 0.25) is 0 Å². The van der Waals surface area contributed by atoms with E-state index in [-0.39, 0.29) is 10.8 Å². The molecule has 3 atom stereocenters. The van der Waals surface area contributed by atoms with Crippen LogP contribution in [0, 0.1) is 12.8 Å². The van der Waals surface area contributed by atoms with E-state index in [0.717, 1.165) is 6.42 Å². The number of alkyl halides is 2. The molecule has 0 aliphatic rings. The lowest BCUT2D eigenvalue weighted by molar-refractivity contribution is 0.540. The second-order valence-corrected chi connectivity index (χ2v) is 3.82. The zero-order valence-corrected chi connectivity index (χ0v) is 7.41. The molecule has 0 aromatic rings. The van der Waals surface area contributed by atoms with Crippen molar-refractivity contribution in [3.05, 3.63) is 6.92 Å². The van der Waals surface area contributed by atoms with Crippen LogP contribution in [-0.2, 0) is 0 Å². The third kappa shape index (κ3) is 5.05. The zero-order chi connectivity index (χ0) is 7.44.